The summed E-state index contributed by atoms with van der Waals surface area (Å²) in [6, 6.07) is 2.15. The molecule has 76 valence electrons. The third kappa shape index (κ3) is 1.50. The SMILES string of the molecule is CC1CC1CN(C)C(=O)C1(C#N)CC1. The molecule has 3 heteroatoms. The molecule has 2 rings (SSSR count). The first kappa shape index (κ1) is 9.51. The highest BCUT2D eigenvalue weighted by atomic mass is 16.2. The van der Waals surface area contributed by atoms with Gasteiger partial charge in [-0.1, -0.05) is 6.92 Å². The van der Waals surface area contributed by atoms with E-state index < -0.39 is 5.41 Å². The highest BCUT2D eigenvalue weighted by molar-refractivity contribution is 5.88. The van der Waals surface area contributed by atoms with Gasteiger partial charge >= 0.3 is 0 Å². The summed E-state index contributed by atoms with van der Waals surface area (Å²) in [6.45, 7) is 3.05. The van der Waals surface area contributed by atoms with Gasteiger partial charge in [0.2, 0.25) is 5.91 Å². The number of carbonyl (C=O) groups excluding carboxylic acids is 1. The summed E-state index contributed by atoms with van der Waals surface area (Å²) in [5, 5.41) is 8.88. The molecule has 0 N–H and O–H groups in total. The van der Waals surface area contributed by atoms with Crippen LogP contribution in [0.5, 0.6) is 0 Å². The molecule has 14 heavy (non-hydrogen) atoms. The second kappa shape index (κ2) is 2.98. The molecule has 0 radical (unpaired) electrons. The van der Waals surface area contributed by atoms with Crippen molar-refractivity contribution in [2.75, 3.05) is 13.6 Å². The third-order valence-electron chi connectivity index (χ3n) is 3.50. The van der Waals surface area contributed by atoms with E-state index in [-0.39, 0.29) is 5.91 Å². The summed E-state index contributed by atoms with van der Waals surface area (Å²) in [7, 11) is 1.82. The molecular weight excluding hydrogens is 176 g/mol. The van der Waals surface area contributed by atoms with E-state index in [0.29, 0.717) is 5.92 Å². The van der Waals surface area contributed by atoms with Crippen LogP contribution in [0.4, 0.5) is 0 Å². The molecule has 0 spiro atoms. The average molecular weight is 192 g/mol. The average Bonchev–Trinajstić information content (AvgIpc) is 3.04. The van der Waals surface area contributed by atoms with Gasteiger partial charge in [-0.2, -0.15) is 5.26 Å². The van der Waals surface area contributed by atoms with Crippen molar-refractivity contribution in [3.8, 4) is 6.07 Å². The van der Waals surface area contributed by atoms with Gasteiger partial charge in [0.15, 0.2) is 0 Å². The Bertz CT molecular complexity index is 301. The van der Waals surface area contributed by atoms with Crippen LogP contribution in [0.3, 0.4) is 0 Å². The summed E-state index contributed by atoms with van der Waals surface area (Å²) < 4.78 is 0. The van der Waals surface area contributed by atoms with E-state index in [0.717, 1.165) is 25.3 Å². The van der Waals surface area contributed by atoms with Gasteiger partial charge in [0.25, 0.3) is 0 Å². The van der Waals surface area contributed by atoms with Crippen LogP contribution in [0.15, 0.2) is 0 Å². The fourth-order valence-corrected chi connectivity index (χ4v) is 1.95. The largest absolute Gasteiger partial charge is 0.344 e. The molecule has 0 aromatic rings. The van der Waals surface area contributed by atoms with Crippen LogP contribution in [-0.2, 0) is 4.79 Å². The predicted octanol–water partition coefficient (Wildman–Crippen LogP) is 1.40. The molecular formula is C11H16N2O. The number of nitriles is 1. The monoisotopic (exact) mass is 192 g/mol. The van der Waals surface area contributed by atoms with Crippen molar-refractivity contribution in [1.82, 2.24) is 4.90 Å². The topological polar surface area (TPSA) is 44.1 Å². The Balaban J connectivity index is 1.89. The minimum Gasteiger partial charge on any atom is -0.344 e. The van der Waals surface area contributed by atoms with Gasteiger partial charge in [0.1, 0.15) is 5.41 Å². The Morgan fingerprint density at radius 1 is 1.64 bits per heavy atom. The smallest absolute Gasteiger partial charge is 0.242 e. The lowest BCUT2D eigenvalue weighted by Crippen LogP contribution is -2.35. The van der Waals surface area contributed by atoms with E-state index in [4.69, 9.17) is 5.26 Å². The Morgan fingerprint density at radius 2 is 2.21 bits per heavy atom. The van der Waals surface area contributed by atoms with Gasteiger partial charge in [-0.15, -0.1) is 0 Å². The molecule has 0 saturated heterocycles. The van der Waals surface area contributed by atoms with Crippen molar-refractivity contribution in [2.45, 2.75) is 26.2 Å². The predicted molar refractivity (Wildman–Crippen MR) is 52.2 cm³/mol. The highest BCUT2D eigenvalue weighted by Gasteiger charge is 2.52. The van der Waals surface area contributed by atoms with Gasteiger partial charge < -0.3 is 4.90 Å². The molecule has 0 aromatic carbocycles. The summed E-state index contributed by atoms with van der Waals surface area (Å²) in [6.07, 6.45) is 2.75. The normalized spacial score (nSPS) is 31.8. The maximum Gasteiger partial charge on any atom is 0.242 e. The van der Waals surface area contributed by atoms with Crippen LogP contribution < -0.4 is 0 Å². The van der Waals surface area contributed by atoms with E-state index in [1.165, 1.54) is 6.42 Å². The fraction of sp³-hybridized carbons (Fsp3) is 0.818. The van der Waals surface area contributed by atoms with Crippen molar-refractivity contribution < 1.29 is 4.79 Å². The van der Waals surface area contributed by atoms with Crippen LogP contribution in [0, 0.1) is 28.6 Å². The zero-order valence-electron chi connectivity index (χ0n) is 8.79. The zero-order chi connectivity index (χ0) is 10.3. The number of carbonyl (C=O) groups is 1. The second-order valence-corrected chi connectivity index (χ2v) is 4.85. The second-order valence-electron chi connectivity index (χ2n) is 4.85. The van der Waals surface area contributed by atoms with E-state index in [2.05, 4.69) is 13.0 Å². The molecule has 2 aliphatic rings. The summed E-state index contributed by atoms with van der Waals surface area (Å²) in [5.41, 5.74) is -0.632. The lowest BCUT2D eigenvalue weighted by Gasteiger charge is -2.19. The first-order valence-corrected chi connectivity index (χ1v) is 5.26. The Kier molecular flexibility index (Phi) is 2.02. The summed E-state index contributed by atoms with van der Waals surface area (Å²) in [5.74, 6) is 1.49. The van der Waals surface area contributed by atoms with E-state index in [1.807, 2.05) is 7.05 Å². The molecule has 0 heterocycles. The van der Waals surface area contributed by atoms with E-state index >= 15 is 0 Å². The number of nitrogens with zero attached hydrogens (tertiary/aromatic N) is 2. The van der Waals surface area contributed by atoms with Gasteiger partial charge in [-0.05, 0) is 31.1 Å². The standard InChI is InChI=1S/C11H16N2O/c1-8-5-9(8)6-13(2)10(14)11(7-12)3-4-11/h8-9H,3-6H2,1-2H3. The minimum atomic E-state index is -0.632. The molecule has 2 unspecified atom stereocenters. The van der Waals surface area contributed by atoms with E-state index in [1.54, 1.807) is 4.90 Å². The molecule has 1 amide bonds. The van der Waals surface area contributed by atoms with Crippen molar-refractivity contribution in [3.05, 3.63) is 0 Å². The maximum atomic E-state index is 11.8. The van der Waals surface area contributed by atoms with Gasteiger partial charge in [0, 0.05) is 13.6 Å². The van der Waals surface area contributed by atoms with Crippen LogP contribution in [-0.4, -0.2) is 24.4 Å². The number of rotatable bonds is 3. The molecule has 0 bridgehead atoms. The van der Waals surface area contributed by atoms with Gasteiger partial charge in [-0.25, -0.2) is 0 Å². The first-order valence-electron chi connectivity index (χ1n) is 5.26. The number of hydrogen-bond acceptors (Lipinski definition) is 2. The summed E-state index contributed by atoms with van der Waals surface area (Å²) in [4.78, 5) is 13.6. The molecule has 2 saturated carbocycles. The minimum absolute atomic E-state index is 0.0408. The lowest BCUT2D eigenvalue weighted by atomic mass is 10.1. The molecule has 0 aromatic heterocycles. The van der Waals surface area contributed by atoms with Gasteiger partial charge in [-0.3, -0.25) is 4.79 Å². The maximum absolute atomic E-state index is 11.8. The number of amides is 1. The van der Waals surface area contributed by atoms with Crippen LogP contribution >= 0.6 is 0 Å². The number of hydrogen-bond donors (Lipinski definition) is 0. The Hall–Kier alpha value is -1.04. The lowest BCUT2D eigenvalue weighted by molar-refractivity contribution is -0.133. The highest BCUT2D eigenvalue weighted by Crippen LogP contribution is 2.47. The van der Waals surface area contributed by atoms with Crippen LogP contribution in [0.2, 0.25) is 0 Å². The molecule has 2 fully saturated rings. The van der Waals surface area contributed by atoms with E-state index in [9.17, 15) is 4.79 Å². The molecule has 2 atom stereocenters. The van der Waals surface area contributed by atoms with Crippen molar-refractivity contribution in [3.63, 3.8) is 0 Å². The van der Waals surface area contributed by atoms with Crippen molar-refractivity contribution in [1.29, 1.82) is 5.26 Å². The van der Waals surface area contributed by atoms with Crippen LogP contribution in [0.25, 0.3) is 0 Å². The zero-order valence-corrected chi connectivity index (χ0v) is 8.79. The molecule has 2 aliphatic carbocycles. The summed E-state index contributed by atoms with van der Waals surface area (Å²) >= 11 is 0. The molecule has 0 aliphatic heterocycles. The Morgan fingerprint density at radius 3 is 2.57 bits per heavy atom. The first-order chi connectivity index (χ1) is 6.59. The van der Waals surface area contributed by atoms with Crippen LogP contribution in [0.1, 0.15) is 26.2 Å². The quantitative estimate of drug-likeness (QED) is 0.678. The fourth-order valence-electron chi connectivity index (χ4n) is 1.95. The molecule has 3 nitrogen and oxygen atoms in total. The van der Waals surface area contributed by atoms with Crippen molar-refractivity contribution >= 4 is 5.91 Å². The van der Waals surface area contributed by atoms with Crippen molar-refractivity contribution in [2.24, 2.45) is 17.3 Å². The Labute approximate surface area is 84.7 Å². The third-order valence-corrected chi connectivity index (χ3v) is 3.50. The van der Waals surface area contributed by atoms with Gasteiger partial charge in [0.05, 0.1) is 6.07 Å².